The Morgan fingerprint density at radius 3 is 2.32 bits per heavy atom. The molecule has 0 bridgehead atoms. The monoisotopic (exact) mass is 440 g/mol. The van der Waals surface area contributed by atoms with Gasteiger partial charge in [0.15, 0.2) is 0 Å². The fraction of sp³-hybridized carbons (Fsp3) is 0.350. The molecule has 2 N–H and O–H groups in total. The van der Waals surface area contributed by atoms with Crippen molar-refractivity contribution >= 4 is 44.8 Å². The number of aryl methyl sites for hydroxylation is 1. The third-order valence-corrected chi connectivity index (χ3v) is 6.88. The molecule has 8 heteroatoms. The highest BCUT2D eigenvalue weighted by atomic mass is 35.5. The maximum atomic E-state index is 12.8. The number of halogens is 2. The zero-order valence-corrected chi connectivity index (χ0v) is 17.8. The average Bonchev–Trinajstić information content (AvgIpc) is 2.66. The van der Waals surface area contributed by atoms with E-state index in [1.165, 1.54) is 18.6 Å². The zero-order valence-electron chi connectivity index (χ0n) is 15.5. The Hall–Kier alpha value is -1.76. The second kappa shape index (κ2) is 8.72. The molecular weight excluding hydrogens is 419 g/mol. The number of benzene rings is 2. The first-order valence-corrected chi connectivity index (χ1v) is 11.4. The molecule has 0 unspecified atom stereocenters. The van der Waals surface area contributed by atoms with Crippen LogP contribution in [-0.4, -0.2) is 20.4 Å². The van der Waals surface area contributed by atoms with Crippen LogP contribution in [0.3, 0.4) is 0 Å². The van der Waals surface area contributed by atoms with Crippen molar-refractivity contribution in [1.82, 2.24) is 5.32 Å². The van der Waals surface area contributed by atoms with Gasteiger partial charge in [-0.05, 0) is 49.6 Å². The third kappa shape index (κ3) is 4.80. The number of amides is 1. The van der Waals surface area contributed by atoms with E-state index in [0.29, 0.717) is 11.1 Å². The van der Waals surface area contributed by atoms with Gasteiger partial charge in [0.25, 0.3) is 15.9 Å². The summed E-state index contributed by atoms with van der Waals surface area (Å²) in [5.41, 5.74) is 1.17. The Labute approximate surface area is 175 Å². The van der Waals surface area contributed by atoms with Crippen LogP contribution >= 0.6 is 23.2 Å². The van der Waals surface area contributed by atoms with Crippen molar-refractivity contribution in [2.45, 2.75) is 50.0 Å². The van der Waals surface area contributed by atoms with Gasteiger partial charge in [0.2, 0.25) is 0 Å². The minimum atomic E-state index is -3.96. The van der Waals surface area contributed by atoms with Crippen LogP contribution in [-0.2, 0) is 10.0 Å². The first-order chi connectivity index (χ1) is 13.3. The zero-order chi connectivity index (χ0) is 20.3. The summed E-state index contributed by atoms with van der Waals surface area (Å²) >= 11 is 12.1. The second-order valence-corrected chi connectivity index (χ2v) is 9.48. The number of sulfonamides is 1. The Kier molecular flexibility index (Phi) is 6.53. The molecule has 1 aliphatic rings. The number of carbonyl (C=O) groups is 1. The molecule has 3 rings (SSSR count). The number of nitrogens with one attached hydrogen (secondary N) is 2. The summed E-state index contributed by atoms with van der Waals surface area (Å²) in [4.78, 5) is 12.7. The number of hydrogen-bond acceptors (Lipinski definition) is 3. The second-order valence-electron chi connectivity index (χ2n) is 6.99. The van der Waals surface area contributed by atoms with Crippen molar-refractivity contribution in [2.75, 3.05) is 4.72 Å². The molecule has 0 aromatic heterocycles. The first kappa shape index (κ1) is 21.0. The van der Waals surface area contributed by atoms with Crippen LogP contribution in [0.5, 0.6) is 0 Å². The maximum absolute atomic E-state index is 12.8. The van der Waals surface area contributed by atoms with Gasteiger partial charge in [-0.3, -0.25) is 9.52 Å². The van der Waals surface area contributed by atoms with Crippen LogP contribution < -0.4 is 10.0 Å². The maximum Gasteiger partial charge on any atom is 0.262 e. The molecule has 0 atom stereocenters. The predicted octanol–water partition coefficient (Wildman–Crippen LogP) is 5.17. The van der Waals surface area contributed by atoms with Crippen molar-refractivity contribution in [3.63, 3.8) is 0 Å². The molecule has 28 heavy (non-hydrogen) atoms. The number of anilines is 1. The van der Waals surface area contributed by atoms with E-state index < -0.39 is 10.0 Å². The first-order valence-electron chi connectivity index (χ1n) is 9.16. The molecule has 2 aromatic rings. The lowest BCUT2D eigenvalue weighted by molar-refractivity contribution is 0.0927. The number of para-hydroxylation sites is 1. The Bertz CT molecular complexity index is 967. The number of rotatable bonds is 5. The van der Waals surface area contributed by atoms with Gasteiger partial charge in [-0.25, -0.2) is 8.42 Å². The summed E-state index contributed by atoms with van der Waals surface area (Å²) in [6.07, 6.45) is 5.29. The summed E-state index contributed by atoms with van der Waals surface area (Å²) in [5, 5.41) is 3.41. The minimum Gasteiger partial charge on any atom is -0.349 e. The van der Waals surface area contributed by atoms with E-state index in [1.807, 2.05) is 0 Å². The smallest absolute Gasteiger partial charge is 0.262 e. The molecule has 1 amide bonds. The lowest BCUT2D eigenvalue weighted by Gasteiger charge is -2.23. The number of hydrogen-bond donors (Lipinski definition) is 2. The molecule has 0 radical (unpaired) electrons. The highest BCUT2D eigenvalue weighted by molar-refractivity contribution is 7.92. The molecule has 0 heterocycles. The van der Waals surface area contributed by atoms with E-state index in [1.54, 1.807) is 31.2 Å². The van der Waals surface area contributed by atoms with Crippen molar-refractivity contribution < 1.29 is 13.2 Å². The van der Waals surface area contributed by atoms with Gasteiger partial charge < -0.3 is 5.32 Å². The molecular formula is C20H22Cl2N2O3S. The summed E-state index contributed by atoms with van der Waals surface area (Å²) in [5.74, 6) is -0.253. The van der Waals surface area contributed by atoms with Crippen LogP contribution in [0.1, 0.15) is 48.0 Å². The van der Waals surface area contributed by atoms with Gasteiger partial charge in [-0.1, -0.05) is 54.6 Å². The van der Waals surface area contributed by atoms with Crippen molar-refractivity contribution in [1.29, 1.82) is 0 Å². The van der Waals surface area contributed by atoms with E-state index in [0.717, 1.165) is 25.7 Å². The summed E-state index contributed by atoms with van der Waals surface area (Å²) in [6, 6.07) is 9.33. The topological polar surface area (TPSA) is 75.3 Å². The highest BCUT2D eigenvalue weighted by Gasteiger charge is 2.22. The molecule has 0 aliphatic heterocycles. The molecule has 5 nitrogen and oxygen atoms in total. The lowest BCUT2D eigenvalue weighted by atomic mass is 9.95. The SMILES string of the molecule is Cc1ccc(S(=O)(=O)Nc2c(Cl)cccc2Cl)cc1C(=O)NC1CCCCC1. The van der Waals surface area contributed by atoms with Crippen molar-refractivity contribution in [2.24, 2.45) is 0 Å². The highest BCUT2D eigenvalue weighted by Crippen LogP contribution is 2.32. The molecule has 0 saturated heterocycles. The van der Waals surface area contributed by atoms with Gasteiger partial charge >= 0.3 is 0 Å². The van der Waals surface area contributed by atoms with E-state index in [9.17, 15) is 13.2 Å². The predicted molar refractivity (Wildman–Crippen MR) is 113 cm³/mol. The molecule has 150 valence electrons. The van der Waals surface area contributed by atoms with Crippen molar-refractivity contribution in [3.05, 3.63) is 57.6 Å². The van der Waals surface area contributed by atoms with Gasteiger partial charge in [-0.2, -0.15) is 0 Å². The van der Waals surface area contributed by atoms with Gasteiger partial charge in [-0.15, -0.1) is 0 Å². The quantitative estimate of drug-likeness (QED) is 0.673. The van der Waals surface area contributed by atoms with Gasteiger partial charge in [0, 0.05) is 11.6 Å². The fourth-order valence-electron chi connectivity index (χ4n) is 3.31. The Balaban J connectivity index is 1.86. The molecule has 1 fully saturated rings. The van der Waals surface area contributed by atoms with Gasteiger partial charge in [0.05, 0.1) is 20.6 Å². The average molecular weight is 441 g/mol. The van der Waals surface area contributed by atoms with Crippen LogP contribution in [0.4, 0.5) is 5.69 Å². The Morgan fingerprint density at radius 2 is 1.68 bits per heavy atom. The lowest BCUT2D eigenvalue weighted by Crippen LogP contribution is -2.36. The molecule has 2 aromatic carbocycles. The fourth-order valence-corrected chi connectivity index (χ4v) is 5.04. The van der Waals surface area contributed by atoms with E-state index in [-0.39, 0.29) is 32.6 Å². The molecule has 0 spiro atoms. The van der Waals surface area contributed by atoms with Crippen LogP contribution in [0.2, 0.25) is 10.0 Å². The van der Waals surface area contributed by atoms with Gasteiger partial charge in [0.1, 0.15) is 0 Å². The minimum absolute atomic E-state index is 0.0251. The van der Waals surface area contributed by atoms with Crippen LogP contribution in [0, 0.1) is 6.92 Å². The van der Waals surface area contributed by atoms with Crippen molar-refractivity contribution in [3.8, 4) is 0 Å². The normalized spacial score (nSPS) is 15.2. The standard InChI is InChI=1S/C20H22Cl2N2O3S/c1-13-10-11-15(12-16(13)20(25)23-14-6-3-2-4-7-14)28(26,27)24-19-17(21)8-5-9-18(19)22/h5,8-12,14,24H,2-4,6-7H2,1H3,(H,23,25). The molecule has 1 saturated carbocycles. The Morgan fingerprint density at radius 1 is 1.04 bits per heavy atom. The van der Waals surface area contributed by atoms with E-state index in [2.05, 4.69) is 10.0 Å². The van der Waals surface area contributed by atoms with Crippen LogP contribution in [0.15, 0.2) is 41.3 Å². The summed E-state index contributed by atoms with van der Waals surface area (Å²) < 4.78 is 28.1. The summed E-state index contributed by atoms with van der Waals surface area (Å²) in [6.45, 7) is 1.78. The van der Waals surface area contributed by atoms with E-state index >= 15 is 0 Å². The third-order valence-electron chi connectivity index (χ3n) is 4.90. The summed E-state index contributed by atoms with van der Waals surface area (Å²) in [7, 11) is -3.96. The van der Waals surface area contributed by atoms with E-state index in [4.69, 9.17) is 23.2 Å². The number of carbonyl (C=O) groups excluding carboxylic acids is 1. The largest absolute Gasteiger partial charge is 0.349 e. The molecule has 1 aliphatic carbocycles. The van der Waals surface area contributed by atoms with Crippen LogP contribution in [0.25, 0.3) is 0 Å².